The SMILES string of the molecule is Oc1ccc([123I])cc1. The Bertz CT molecular complexity index is 147. The lowest BCUT2D eigenvalue weighted by Gasteiger charge is -1.87. The number of halogens is 1. The zero-order valence-corrected chi connectivity index (χ0v) is 6.29. The summed E-state index contributed by atoms with van der Waals surface area (Å²) < 4.78 is 1.14. The molecule has 1 aromatic carbocycles. The van der Waals surface area contributed by atoms with Crippen LogP contribution in [0.1, 0.15) is 0 Å². The van der Waals surface area contributed by atoms with Gasteiger partial charge in [0.25, 0.3) is 0 Å². The van der Waals surface area contributed by atoms with Gasteiger partial charge in [0, 0.05) is 3.57 Å². The molecule has 0 aliphatic carbocycles. The summed E-state index contributed by atoms with van der Waals surface area (Å²) in [7, 11) is 0. The second-order valence-corrected chi connectivity index (χ2v) is 2.72. The summed E-state index contributed by atoms with van der Waals surface area (Å²) >= 11 is 2.19. The molecule has 0 atom stereocenters. The molecule has 8 heavy (non-hydrogen) atoms. The average molecular weight is 216 g/mol. The highest BCUT2D eigenvalue weighted by Crippen LogP contribution is 2.10. The molecule has 0 spiro atoms. The maximum Gasteiger partial charge on any atom is 0.115 e. The summed E-state index contributed by atoms with van der Waals surface area (Å²) in [5.41, 5.74) is 0. The highest BCUT2D eigenvalue weighted by Gasteiger charge is 1.83. The van der Waals surface area contributed by atoms with Gasteiger partial charge in [-0.3, -0.25) is 0 Å². The topological polar surface area (TPSA) is 20.2 Å². The zero-order chi connectivity index (χ0) is 5.98. The van der Waals surface area contributed by atoms with Gasteiger partial charge < -0.3 is 5.11 Å². The van der Waals surface area contributed by atoms with E-state index in [4.69, 9.17) is 5.11 Å². The highest BCUT2D eigenvalue weighted by atomic mass is 123. The molecule has 0 aliphatic rings. The summed E-state index contributed by atoms with van der Waals surface area (Å²) in [5, 5.41) is 8.75. The van der Waals surface area contributed by atoms with E-state index < -0.39 is 0 Å². The summed E-state index contributed by atoms with van der Waals surface area (Å²) in [4.78, 5) is 0. The van der Waals surface area contributed by atoms with E-state index in [-0.39, 0.29) is 0 Å². The van der Waals surface area contributed by atoms with Crippen molar-refractivity contribution in [3.63, 3.8) is 0 Å². The quantitative estimate of drug-likeness (QED) is 0.657. The minimum Gasteiger partial charge on any atom is -0.508 e. The molecule has 1 N–H and O–H groups in total. The van der Waals surface area contributed by atoms with Crippen LogP contribution in [0.3, 0.4) is 0 Å². The normalized spacial score (nSPS) is 9.12. The third-order valence-electron chi connectivity index (χ3n) is 0.827. The largest absolute Gasteiger partial charge is 0.508 e. The van der Waals surface area contributed by atoms with Crippen molar-refractivity contribution in [1.29, 1.82) is 0 Å². The highest BCUT2D eigenvalue weighted by molar-refractivity contribution is 14.1. The minimum absolute atomic E-state index is 0.324. The molecule has 0 aromatic heterocycles. The Morgan fingerprint density at radius 1 is 1.12 bits per heavy atom. The van der Waals surface area contributed by atoms with Crippen molar-refractivity contribution >= 4 is 22.6 Å². The second kappa shape index (κ2) is 2.35. The van der Waals surface area contributed by atoms with Gasteiger partial charge in [0.15, 0.2) is 0 Å². The molecule has 0 saturated carbocycles. The van der Waals surface area contributed by atoms with Gasteiger partial charge in [-0.05, 0) is 46.9 Å². The molecule has 0 unspecified atom stereocenters. The molecule has 2 heteroatoms. The van der Waals surface area contributed by atoms with Crippen LogP contribution in [-0.4, -0.2) is 5.11 Å². The van der Waals surface area contributed by atoms with Crippen molar-refractivity contribution in [2.24, 2.45) is 0 Å². The number of benzene rings is 1. The van der Waals surface area contributed by atoms with Crippen LogP contribution in [0.15, 0.2) is 24.3 Å². The molecule has 0 heterocycles. The lowest BCUT2D eigenvalue weighted by Crippen LogP contribution is -1.65. The minimum atomic E-state index is 0.324. The first kappa shape index (κ1) is 5.88. The monoisotopic (exact) mass is 216 g/mol. The Hall–Kier alpha value is -0.250. The van der Waals surface area contributed by atoms with Crippen LogP contribution < -0.4 is 0 Å². The Balaban J connectivity index is 3.03. The lowest BCUT2D eigenvalue weighted by molar-refractivity contribution is 0.475. The second-order valence-electron chi connectivity index (χ2n) is 1.48. The number of phenolic OH excluding ortho intramolecular Hbond substituents is 1. The van der Waals surface area contributed by atoms with E-state index in [0.29, 0.717) is 5.75 Å². The summed E-state index contributed by atoms with van der Waals surface area (Å²) in [6, 6.07) is 7.05. The van der Waals surface area contributed by atoms with E-state index in [0.717, 1.165) is 3.57 Å². The Morgan fingerprint density at radius 2 is 1.62 bits per heavy atom. The average Bonchev–Trinajstić information content (AvgIpc) is 1.77. The van der Waals surface area contributed by atoms with Crippen LogP contribution in [0.4, 0.5) is 0 Å². The zero-order valence-electron chi connectivity index (χ0n) is 4.13. The van der Waals surface area contributed by atoms with E-state index in [2.05, 4.69) is 22.6 Å². The molecule has 0 bridgehead atoms. The molecule has 1 nitrogen and oxygen atoms in total. The van der Waals surface area contributed by atoms with Crippen LogP contribution in [0.25, 0.3) is 0 Å². The Kier molecular flexibility index (Phi) is 1.73. The van der Waals surface area contributed by atoms with Crippen molar-refractivity contribution in [3.8, 4) is 5.75 Å². The maximum absolute atomic E-state index is 8.75. The molecule has 0 aliphatic heterocycles. The van der Waals surface area contributed by atoms with Crippen LogP contribution in [0.5, 0.6) is 5.75 Å². The van der Waals surface area contributed by atoms with Gasteiger partial charge in [0.05, 0.1) is 0 Å². The Labute approximate surface area is 61.5 Å². The summed E-state index contributed by atoms with van der Waals surface area (Å²) in [6.07, 6.45) is 0. The van der Waals surface area contributed by atoms with E-state index in [9.17, 15) is 0 Å². The Morgan fingerprint density at radius 3 is 2.00 bits per heavy atom. The molecule has 0 fully saturated rings. The van der Waals surface area contributed by atoms with Crippen molar-refractivity contribution in [1.82, 2.24) is 0 Å². The summed E-state index contributed by atoms with van der Waals surface area (Å²) in [5.74, 6) is 0.324. The van der Waals surface area contributed by atoms with E-state index in [1.54, 1.807) is 12.1 Å². The third kappa shape index (κ3) is 1.36. The fourth-order valence-electron chi connectivity index (χ4n) is 0.441. The smallest absolute Gasteiger partial charge is 0.115 e. The van der Waals surface area contributed by atoms with Crippen molar-refractivity contribution in [2.75, 3.05) is 0 Å². The molecule has 0 saturated heterocycles. The van der Waals surface area contributed by atoms with Crippen LogP contribution in [-0.2, 0) is 0 Å². The van der Waals surface area contributed by atoms with Gasteiger partial charge in [-0.2, -0.15) is 0 Å². The van der Waals surface area contributed by atoms with Crippen molar-refractivity contribution < 1.29 is 5.11 Å². The van der Waals surface area contributed by atoms with Gasteiger partial charge >= 0.3 is 0 Å². The maximum atomic E-state index is 8.75. The number of hydrogen-bond donors (Lipinski definition) is 1. The van der Waals surface area contributed by atoms with Gasteiger partial charge in [0.2, 0.25) is 0 Å². The molecular weight excluding hydrogens is 211 g/mol. The number of hydrogen-bond acceptors (Lipinski definition) is 1. The number of aromatic hydroxyl groups is 1. The van der Waals surface area contributed by atoms with Crippen LogP contribution in [0.2, 0.25) is 0 Å². The van der Waals surface area contributed by atoms with Gasteiger partial charge in [-0.1, -0.05) is 0 Å². The molecule has 1 rings (SSSR count). The molecule has 0 radical (unpaired) electrons. The molecule has 1 aromatic rings. The first-order chi connectivity index (χ1) is 3.79. The first-order valence-electron chi connectivity index (χ1n) is 2.23. The van der Waals surface area contributed by atoms with Crippen LogP contribution in [0, 0.1) is 3.57 Å². The van der Waals surface area contributed by atoms with Gasteiger partial charge in [-0.15, -0.1) is 0 Å². The van der Waals surface area contributed by atoms with E-state index in [1.165, 1.54) is 0 Å². The molecule has 42 valence electrons. The third-order valence-corrected chi connectivity index (χ3v) is 1.55. The number of phenols is 1. The predicted octanol–water partition coefficient (Wildman–Crippen LogP) is 2.00. The van der Waals surface area contributed by atoms with Gasteiger partial charge in [0.1, 0.15) is 5.75 Å². The molecular formula is C6H5IO. The lowest BCUT2D eigenvalue weighted by atomic mass is 10.3. The first-order valence-corrected chi connectivity index (χ1v) is 3.31. The fraction of sp³-hybridized carbons (Fsp3) is 0. The number of rotatable bonds is 0. The van der Waals surface area contributed by atoms with E-state index in [1.807, 2.05) is 12.1 Å². The summed E-state index contributed by atoms with van der Waals surface area (Å²) in [6.45, 7) is 0. The van der Waals surface area contributed by atoms with Crippen molar-refractivity contribution in [3.05, 3.63) is 27.8 Å². The fourth-order valence-corrected chi connectivity index (χ4v) is 0.801. The van der Waals surface area contributed by atoms with E-state index >= 15 is 0 Å². The van der Waals surface area contributed by atoms with Crippen molar-refractivity contribution in [2.45, 2.75) is 0 Å². The van der Waals surface area contributed by atoms with Gasteiger partial charge in [-0.25, -0.2) is 0 Å². The van der Waals surface area contributed by atoms with Crippen LogP contribution >= 0.6 is 22.6 Å². The molecule has 0 amide bonds. The standard InChI is InChI=1S/C6H5IO/c7-5-1-3-6(8)4-2-5/h1-4,8H/i7-4. The predicted molar refractivity (Wildman–Crippen MR) is 40.8 cm³/mol.